The van der Waals surface area contributed by atoms with Crippen LogP contribution in [-0.4, -0.2) is 27.3 Å². The monoisotopic (exact) mass is 260 g/mol. The number of rotatable bonds is 4. The van der Waals surface area contributed by atoms with Crippen molar-refractivity contribution in [2.45, 2.75) is 20.3 Å². The smallest absolute Gasteiger partial charge is 0.251 e. The minimum absolute atomic E-state index is 0.182. The van der Waals surface area contributed by atoms with Gasteiger partial charge in [0.25, 0.3) is 5.56 Å². The fourth-order valence-electron chi connectivity index (χ4n) is 1.71. The summed E-state index contributed by atoms with van der Waals surface area (Å²) in [6.07, 6.45) is 0.750. The molecule has 19 heavy (non-hydrogen) atoms. The molecule has 0 spiro atoms. The molecule has 0 saturated heterocycles. The molecule has 2 aromatic rings. The summed E-state index contributed by atoms with van der Waals surface area (Å²) in [6, 6.07) is 4.90. The molecule has 100 valence electrons. The van der Waals surface area contributed by atoms with Gasteiger partial charge in [-0.1, -0.05) is 13.8 Å². The number of nitrogens with zero attached hydrogens (tertiary/aromatic N) is 3. The minimum atomic E-state index is -0.182. The van der Waals surface area contributed by atoms with Crippen LogP contribution in [0.25, 0.3) is 11.5 Å². The average Bonchev–Trinajstić information content (AvgIpc) is 2.37. The standard InChI is InChI=1S/C13H16N4O2/c1-8(2)6-9-7-11(18)15-13(14-9)10-4-5-12(19-3)17-16-10/h4-5,7-8H,6H2,1-3H3,(H,14,15,18). The summed E-state index contributed by atoms with van der Waals surface area (Å²) in [7, 11) is 1.52. The first-order valence-electron chi connectivity index (χ1n) is 6.07. The zero-order chi connectivity index (χ0) is 13.8. The highest BCUT2D eigenvalue weighted by atomic mass is 16.5. The maximum atomic E-state index is 11.6. The Morgan fingerprint density at radius 2 is 2.11 bits per heavy atom. The van der Waals surface area contributed by atoms with Crippen LogP contribution in [0.1, 0.15) is 19.5 Å². The molecule has 0 aliphatic rings. The van der Waals surface area contributed by atoms with Crippen LogP contribution in [0, 0.1) is 5.92 Å². The summed E-state index contributed by atoms with van der Waals surface area (Å²) in [6.45, 7) is 4.16. The van der Waals surface area contributed by atoms with Gasteiger partial charge in [-0.25, -0.2) is 4.98 Å². The molecule has 0 radical (unpaired) electrons. The second-order valence-corrected chi connectivity index (χ2v) is 4.64. The van der Waals surface area contributed by atoms with Gasteiger partial charge >= 0.3 is 0 Å². The lowest BCUT2D eigenvalue weighted by Gasteiger charge is -2.06. The predicted molar refractivity (Wildman–Crippen MR) is 71.0 cm³/mol. The first-order chi connectivity index (χ1) is 9.08. The van der Waals surface area contributed by atoms with E-state index in [-0.39, 0.29) is 5.56 Å². The van der Waals surface area contributed by atoms with E-state index in [1.807, 2.05) is 0 Å². The Kier molecular flexibility index (Phi) is 3.89. The lowest BCUT2D eigenvalue weighted by atomic mass is 10.1. The van der Waals surface area contributed by atoms with Gasteiger partial charge in [0.2, 0.25) is 5.88 Å². The molecule has 6 nitrogen and oxygen atoms in total. The summed E-state index contributed by atoms with van der Waals surface area (Å²) in [4.78, 5) is 18.7. The minimum Gasteiger partial charge on any atom is -0.480 e. The highest BCUT2D eigenvalue weighted by Gasteiger charge is 2.07. The molecule has 0 bridgehead atoms. The molecule has 0 aliphatic carbocycles. The fraction of sp³-hybridized carbons (Fsp3) is 0.385. The number of aromatic nitrogens is 4. The van der Waals surface area contributed by atoms with Crippen molar-refractivity contribution in [1.29, 1.82) is 0 Å². The first kappa shape index (κ1) is 13.2. The lowest BCUT2D eigenvalue weighted by molar-refractivity contribution is 0.392. The highest BCUT2D eigenvalue weighted by molar-refractivity contribution is 5.48. The van der Waals surface area contributed by atoms with Crippen molar-refractivity contribution in [3.8, 4) is 17.4 Å². The van der Waals surface area contributed by atoms with Gasteiger partial charge in [0.05, 0.1) is 7.11 Å². The normalized spacial score (nSPS) is 10.7. The third-order valence-electron chi connectivity index (χ3n) is 2.50. The lowest BCUT2D eigenvalue weighted by Crippen LogP contribution is -2.12. The van der Waals surface area contributed by atoms with E-state index in [9.17, 15) is 4.79 Å². The van der Waals surface area contributed by atoms with E-state index in [0.717, 1.165) is 12.1 Å². The van der Waals surface area contributed by atoms with Crippen molar-refractivity contribution in [3.05, 3.63) is 34.2 Å². The Morgan fingerprint density at radius 1 is 1.32 bits per heavy atom. The largest absolute Gasteiger partial charge is 0.480 e. The van der Waals surface area contributed by atoms with Gasteiger partial charge in [0.1, 0.15) is 5.69 Å². The summed E-state index contributed by atoms with van der Waals surface area (Å²) >= 11 is 0. The van der Waals surface area contributed by atoms with Crippen molar-refractivity contribution < 1.29 is 4.74 Å². The van der Waals surface area contributed by atoms with Gasteiger partial charge < -0.3 is 9.72 Å². The van der Waals surface area contributed by atoms with Crippen LogP contribution in [0.2, 0.25) is 0 Å². The topological polar surface area (TPSA) is 80.8 Å². The second kappa shape index (κ2) is 5.60. The number of H-pyrrole nitrogens is 1. The third-order valence-corrected chi connectivity index (χ3v) is 2.50. The number of nitrogens with one attached hydrogen (secondary N) is 1. The number of ether oxygens (including phenoxy) is 1. The van der Waals surface area contributed by atoms with Crippen molar-refractivity contribution in [2.24, 2.45) is 5.92 Å². The third kappa shape index (κ3) is 3.37. The van der Waals surface area contributed by atoms with Crippen LogP contribution in [0.4, 0.5) is 0 Å². The van der Waals surface area contributed by atoms with Gasteiger partial charge in [-0.3, -0.25) is 4.79 Å². The Bertz CT molecular complexity index is 605. The van der Waals surface area contributed by atoms with Gasteiger partial charge in [0, 0.05) is 17.8 Å². The Labute approximate surface area is 110 Å². The van der Waals surface area contributed by atoms with Crippen LogP contribution in [0.5, 0.6) is 5.88 Å². The Morgan fingerprint density at radius 3 is 2.68 bits per heavy atom. The molecule has 1 N–H and O–H groups in total. The zero-order valence-corrected chi connectivity index (χ0v) is 11.2. The molecular weight excluding hydrogens is 244 g/mol. The number of hydrogen-bond acceptors (Lipinski definition) is 5. The van der Waals surface area contributed by atoms with E-state index >= 15 is 0 Å². The van der Waals surface area contributed by atoms with E-state index in [1.165, 1.54) is 13.2 Å². The van der Waals surface area contributed by atoms with Gasteiger partial charge in [0.15, 0.2) is 5.82 Å². The summed E-state index contributed by atoms with van der Waals surface area (Å²) in [5, 5.41) is 7.83. The fourth-order valence-corrected chi connectivity index (χ4v) is 1.71. The molecule has 6 heteroatoms. The maximum absolute atomic E-state index is 11.6. The Hall–Kier alpha value is -2.24. The van der Waals surface area contributed by atoms with E-state index in [4.69, 9.17) is 4.74 Å². The summed E-state index contributed by atoms with van der Waals surface area (Å²) in [5.41, 5.74) is 1.09. The molecule has 0 aromatic carbocycles. The first-order valence-corrected chi connectivity index (χ1v) is 6.07. The second-order valence-electron chi connectivity index (χ2n) is 4.64. The van der Waals surface area contributed by atoms with E-state index in [0.29, 0.717) is 23.3 Å². The van der Waals surface area contributed by atoms with Crippen LogP contribution >= 0.6 is 0 Å². The van der Waals surface area contributed by atoms with Crippen molar-refractivity contribution >= 4 is 0 Å². The number of hydrogen-bond donors (Lipinski definition) is 1. The van der Waals surface area contributed by atoms with Crippen LogP contribution in [0.15, 0.2) is 23.0 Å². The molecule has 0 aliphatic heterocycles. The molecule has 2 rings (SSSR count). The molecule has 2 aromatic heterocycles. The zero-order valence-electron chi connectivity index (χ0n) is 11.2. The maximum Gasteiger partial charge on any atom is 0.251 e. The van der Waals surface area contributed by atoms with E-state index in [1.54, 1.807) is 12.1 Å². The van der Waals surface area contributed by atoms with Crippen LogP contribution in [0.3, 0.4) is 0 Å². The van der Waals surface area contributed by atoms with Crippen molar-refractivity contribution in [3.63, 3.8) is 0 Å². The van der Waals surface area contributed by atoms with Gasteiger partial charge in [-0.2, -0.15) is 0 Å². The SMILES string of the molecule is COc1ccc(-c2nc(CC(C)C)cc(=O)[nH]2)nn1. The molecule has 0 saturated carbocycles. The average molecular weight is 260 g/mol. The molecule has 0 amide bonds. The van der Waals surface area contributed by atoms with E-state index < -0.39 is 0 Å². The number of methoxy groups -OCH3 is 1. The van der Waals surface area contributed by atoms with Crippen LogP contribution in [-0.2, 0) is 6.42 Å². The van der Waals surface area contributed by atoms with Gasteiger partial charge in [-0.15, -0.1) is 10.2 Å². The summed E-state index contributed by atoms with van der Waals surface area (Å²) in [5.74, 6) is 1.28. The van der Waals surface area contributed by atoms with Crippen molar-refractivity contribution in [1.82, 2.24) is 20.2 Å². The Balaban J connectivity index is 2.37. The predicted octanol–water partition coefficient (Wildman–Crippen LogP) is 1.43. The quantitative estimate of drug-likeness (QED) is 0.899. The molecule has 2 heterocycles. The molecule has 0 unspecified atom stereocenters. The molecule has 0 fully saturated rings. The summed E-state index contributed by atoms with van der Waals surface area (Å²) < 4.78 is 4.94. The van der Waals surface area contributed by atoms with E-state index in [2.05, 4.69) is 34.0 Å². The highest BCUT2D eigenvalue weighted by Crippen LogP contribution is 2.13. The van der Waals surface area contributed by atoms with Gasteiger partial charge in [-0.05, 0) is 18.4 Å². The molecular formula is C13H16N4O2. The molecule has 0 atom stereocenters. The van der Waals surface area contributed by atoms with Crippen LogP contribution < -0.4 is 10.3 Å². The number of aromatic amines is 1. The van der Waals surface area contributed by atoms with Crippen molar-refractivity contribution in [2.75, 3.05) is 7.11 Å².